The highest BCUT2D eigenvalue weighted by Gasteiger charge is 2.21. The summed E-state index contributed by atoms with van der Waals surface area (Å²) in [5.74, 6) is 0.00774. The molecule has 0 aromatic heterocycles. The molecule has 1 unspecified atom stereocenters. The van der Waals surface area contributed by atoms with Crippen molar-refractivity contribution in [2.45, 2.75) is 65.7 Å². The Bertz CT molecular complexity index is 208. The zero-order valence-corrected chi connectivity index (χ0v) is 12.4. The third-order valence-electron chi connectivity index (χ3n) is 3.57. The second-order valence-corrected chi connectivity index (χ2v) is 5.51. The summed E-state index contributed by atoms with van der Waals surface area (Å²) in [6.07, 6.45) is 8.83. The summed E-state index contributed by atoms with van der Waals surface area (Å²) in [6.45, 7) is 7.43. The standard InChI is InChI=1S/C14H28ClNO/c1-4-6-7-8-9-10-14(3,5-2)12-16-13(17)11-15/h4-12H2,1-3H3,(H,16,17). The van der Waals surface area contributed by atoms with Crippen molar-refractivity contribution in [2.24, 2.45) is 5.41 Å². The first-order valence-corrected chi connectivity index (χ1v) is 7.44. The Morgan fingerprint density at radius 1 is 1.18 bits per heavy atom. The van der Waals surface area contributed by atoms with E-state index in [4.69, 9.17) is 11.6 Å². The van der Waals surface area contributed by atoms with Gasteiger partial charge in [-0.1, -0.05) is 52.9 Å². The fourth-order valence-electron chi connectivity index (χ4n) is 1.90. The molecule has 0 spiro atoms. The van der Waals surface area contributed by atoms with Crippen LogP contribution < -0.4 is 5.32 Å². The zero-order valence-electron chi connectivity index (χ0n) is 11.7. The first-order chi connectivity index (χ1) is 8.08. The highest BCUT2D eigenvalue weighted by molar-refractivity contribution is 6.27. The number of hydrogen-bond acceptors (Lipinski definition) is 1. The average Bonchev–Trinajstić information content (AvgIpc) is 2.35. The molecule has 0 bridgehead atoms. The lowest BCUT2D eigenvalue weighted by molar-refractivity contribution is -0.119. The van der Waals surface area contributed by atoms with Crippen LogP contribution in [-0.2, 0) is 4.79 Å². The SMILES string of the molecule is CCCCCCCC(C)(CC)CNC(=O)CCl. The van der Waals surface area contributed by atoms with Gasteiger partial charge in [-0.3, -0.25) is 4.79 Å². The van der Waals surface area contributed by atoms with Gasteiger partial charge in [-0.05, 0) is 18.3 Å². The summed E-state index contributed by atoms with van der Waals surface area (Å²) in [5, 5.41) is 2.91. The second kappa shape index (κ2) is 9.76. The van der Waals surface area contributed by atoms with Gasteiger partial charge in [0.05, 0.1) is 0 Å². The largest absolute Gasteiger partial charge is 0.355 e. The van der Waals surface area contributed by atoms with E-state index in [0.717, 1.165) is 13.0 Å². The van der Waals surface area contributed by atoms with Crippen molar-refractivity contribution in [3.8, 4) is 0 Å². The number of amides is 1. The predicted molar refractivity (Wildman–Crippen MR) is 75.5 cm³/mol. The van der Waals surface area contributed by atoms with Gasteiger partial charge in [0.15, 0.2) is 0 Å². The van der Waals surface area contributed by atoms with Crippen LogP contribution in [0, 0.1) is 5.41 Å². The van der Waals surface area contributed by atoms with E-state index in [1.165, 1.54) is 38.5 Å². The van der Waals surface area contributed by atoms with Crippen molar-refractivity contribution < 1.29 is 4.79 Å². The lowest BCUT2D eigenvalue weighted by Crippen LogP contribution is -2.36. The van der Waals surface area contributed by atoms with Crippen LogP contribution >= 0.6 is 11.6 Å². The highest BCUT2D eigenvalue weighted by Crippen LogP contribution is 2.27. The molecule has 0 heterocycles. The van der Waals surface area contributed by atoms with E-state index in [1.807, 2.05) is 0 Å². The van der Waals surface area contributed by atoms with Crippen molar-refractivity contribution in [1.29, 1.82) is 0 Å². The average molecular weight is 262 g/mol. The summed E-state index contributed by atoms with van der Waals surface area (Å²) < 4.78 is 0. The van der Waals surface area contributed by atoms with Gasteiger partial charge in [0.1, 0.15) is 5.88 Å². The van der Waals surface area contributed by atoms with Gasteiger partial charge in [0.25, 0.3) is 0 Å². The summed E-state index contributed by atoms with van der Waals surface area (Å²) in [5.41, 5.74) is 0.230. The molecule has 1 atom stereocenters. The number of carbonyl (C=O) groups excluding carboxylic acids is 1. The van der Waals surface area contributed by atoms with Crippen LogP contribution in [0.5, 0.6) is 0 Å². The van der Waals surface area contributed by atoms with Crippen molar-refractivity contribution in [1.82, 2.24) is 5.32 Å². The smallest absolute Gasteiger partial charge is 0.234 e. The maximum absolute atomic E-state index is 11.1. The third kappa shape index (κ3) is 8.48. The van der Waals surface area contributed by atoms with Crippen molar-refractivity contribution in [3.63, 3.8) is 0 Å². The Balaban J connectivity index is 3.80. The first kappa shape index (κ1) is 16.8. The molecule has 0 aliphatic heterocycles. The summed E-state index contributed by atoms with van der Waals surface area (Å²) in [7, 11) is 0. The molecule has 0 saturated heterocycles. The van der Waals surface area contributed by atoms with Gasteiger partial charge in [0, 0.05) is 6.54 Å². The molecule has 1 N–H and O–H groups in total. The number of hydrogen-bond donors (Lipinski definition) is 1. The van der Waals surface area contributed by atoms with Crippen LogP contribution in [0.2, 0.25) is 0 Å². The van der Waals surface area contributed by atoms with E-state index in [9.17, 15) is 4.79 Å². The van der Waals surface area contributed by atoms with Gasteiger partial charge in [-0.15, -0.1) is 11.6 Å². The Kier molecular flexibility index (Phi) is 9.62. The molecule has 0 aromatic rings. The second-order valence-electron chi connectivity index (χ2n) is 5.24. The van der Waals surface area contributed by atoms with Crippen molar-refractivity contribution in [3.05, 3.63) is 0 Å². The Morgan fingerprint density at radius 3 is 2.35 bits per heavy atom. The van der Waals surface area contributed by atoms with E-state index in [1.54, 1.807) is 0 Å². The molecule has 0 aliphatic carbocycles. The Hall–Kier alpha value is -0.240. The van der Waals surface area contributed by atoms with Gasteiger partial charge in [-0.25, -0.2) is 0 Å². The van der Waals surface area contributed by atoms with Crippen molar-refractivity contribution >= 4 is 17.5 Å². The molecule has 0 rings (SSSR count). The fourth-order valence-corrected chi connectivity index (χ4v) is 2.00. The molecule has 17 heavy (non-hydrogen) atoms. The molecule has 0 saturated carbocycles. The fraction of sp³-hybridized carbons (Fsp3) is 0.929. The van der Waals surface area contributed by atoms with E-state index in [0.29, 0.717) is 0 Å². The Morgan fingerprint density at radius 2 is 1.82 bits per heavy atom. The van der Waals surface area contributed by atoms with Crippen molar-refractivity contribution in [2.75, 3.05) is 12.4 Å². The molecule has 0 radical (unpaired) electrons. The van der Waals surface area contributed by atoms with E-state index >= 15 is 0 Å². The molecule has 102 valence electrons. The molecule has 1 amide bonds. The minimum absolute atomic E-state index is 0.0580. The van der Waals surface area contributed by atoms with Gasteiger partial charge < -0.3 is 5.32 Å². The molecule has 2 nitrogen and oxygen atoms in total. The lowest BCUT2D eigenvalue weighted by Gasteiger charge is -2.28. The van der Waals surface area contributed by atoms with Crippen LogP contribution in [0.4, 0.5) is 0 Å². The number of rotatable bonds is 10. The number of nitrogens with one attached hydrogen (secondary N) is 1. The Labute approximate surface area is 111 Å². The highest BCUT2D eigenvalue weighted by atomic mass is 35.5. The maximum Gasteiger partial charge on any atom is 0.234 e. The monoisotopic (exact) mass is 261 g/mol. The van der Waals surface area contributed by atoms with E-state index in [-0.39, 0.29) is 17.2 Å². The van der Waals surface area contributed by atoms with Gasteiger partial charge in [-0.2, -0.15) is 0 Å². The predicted octanol–water partition coefficient (Wildman–Crippen LogP) is 4.12. The number of halogens is 1. The van der Waals surface area contributed by atoms with Crippen LogP contribution in [0.15, 0.2) is 0 Å². The molecule has 0 aromatic carbocycles. The van der Waals surface area contributed by atoms with Crippen LogP contribution in [-0.4, -0.2) is 18.3 Å². The summed E-state index contributed by atoms with van der Waals surface area (Å²) >= 11 is 5.47. The molecule has 3 heteroatoms. The third-order valence-corrected chi connectivity index (χ3v) is 3.81. The number of unbranched alkanes of at least 4 members (excludes halogenated alkanes) is 4. The number of carbonyl (C=O) groups is 1. The minimum atomic E-state index is -0.0580. The minimum Gasteiger partial charge on any atom is -0.355 e. The number of alkyl halides is 1. The normalized spacial score (nSPS) is 14.4. The quantitative estimate of drug-likeness (QED) is 0.465. The van der Waals surface area contributed by atoms with Crippen LogP contribution in [0.1, 0.15) is 65.7 Å². The lowest BCUT2D eigenvalue weighted by atomic mass is 9.82. The molecular weight excluding hydrogens is 234 g/mol. The van der Waals surface area contributed by atoms with Gasteiger partial charge >= 0.3 is 0 Å². The van der Waals surface area contributed by atoms with E-state index in [2.05, 4.69) is 26.1 Å². The van der Waals surface area contributed by atoms with E-state index < -0.39 is 0 Å². The zero-order chi connectivity index (χ0) is 13.1. The first-order valence-electron chi connectivity index (χ1n) is 6.90. The maximum atomic E-state index is 11.1. The summed E-state index contributed by atoms with van der Waals surface area (Å²) in [6, 6.07) is 0. The molecular formula is C14H28ClNO. The van der Waals surface area contributed by atoms with Gasteiger partial charge in [0.2, 0.25) is 5.91 Å². The summed E-state index contributed by atoms with van der Waals surface area (Å²) in [4.78, 5) is 11.1. The molecule has 0 fully saturated rings. The van der Waals surface area contributed by atoms with Crippen LogP contribution in [0.25, 0.3) is 0 Å². The molecule has 0 aliphatic rings. The van der Waals surface area contributed by atoms with Crippen LogP contribution in [0.3, 0.4) is 0 Å². The topological polar surface area (TPSA) is 29.1 Å².